The number of rotatable bonds is 6. The highest BCUT2D eigenvalue weighted by Crippen LogP contribution is 2.40. The largest absolute Gasteiger partial charge is 0.303 e. The summed E-state index contributed by atoms with van der Waals surface area (Å²) in [5, 5.41) is 0. The van der Waals surface area contributed by atoms with E-state index in [-0.39, 0.29) is 11.2 Å². The normalized spacial score (nSPS) is 17.4. The van der Waals surface area contributed by atoms with Crippen molar-refractivity contribution in [2.45, 2.75) is 79.6 Å². The molecule has 0 aromatic heterocycles. The van der Waals surface area contributed by atoms with Crippen LogP contribution in [0.2, 0.25) is 0 Å². The van der Waals surface area contributed by atoms with Crippen molar-refractivity contribution in [2.24, 2.45) is 5.41 Å². The SMILES string of the molecule is CC(=O)/C=C/C1=C(C)CCCC1(C)C.CCCCCC=O. The highest BCUT2D eigenvalue weighted by molar-refractivity contribution is 5.87. The molecule has 0 aromatic carbocycles. The van der Waals surface area contributed by atoms with Crippen LogP contribution in [-0.2, 0) is 9.59 Å². The first kappa shape index (κ1) is 19.8. The van der Waals surface area contributed by atoms with Crippen LogP contribution in [0.25, 0.3) is 0 Å². The summed E-state index contributed by atoms with van der Waals surface area (Å²) in [6.45, 7) is 10.4. The third kappa shape index (κ3) is 8.64. The third-order valence-corrected chi connectivity index (χ3v) is 3.95. The van der Waals surface area contributed by atoms with Gasteiger partial charge in [0.2, 0.25) is 0 Å². The second kappa shape index (κ2) is 10.5. The lowest BCUT2D eigenvalue weighted by Gasteiger charge is -2.32. The van der Waals surface area contributed by atoms with Crippen molar-refractivity contribution in [1.82, 2.24) is 0 Å². The maximum atomic E-state index is 10.9. The van der Waals surface area contributed by atoms with Crippen LogP contribution in [0.1, 0.15) is 79.6 Å². The summed E-state index contributed by atoms with van der Waals surface area (Å²) in [4.78, 5) is 20.6. The average molecular weight is 292 g/mol. The number of hydrogen-bond donors (Lipinski definition) is 0. The van der Waals surface area contributed by atoms with Crippen molar-refractivity contribution in [2.75, 3.05) is 0 Å². The Morgan fingerprint density at radius 1 is 1.29 bits per heavy atom. The van der Waals surface area contributed by atoms with E-state index in [9.17, 15) is 9.59 Å². The van der Waals surface area contributed by atoms with Crippen molar-refractivity contribution >= 4 is 12.1 Å². The highest BCUT2D eigenvalue weighted by Gasteiger charge is 2.26. The number of ketones is 1. The van der Waals surface area contributed by atoms with Gasteiger partial charge in [0, 0.05) is 6.42 Å². The summed E-state index contributed by atoms with van der Waals surface area (Å²) >= 11 is 0. The van der Waals surface area contributed by atoms with E-state index in [4.69, 9.17) is 0 Å². The van der Waals surface area contributed by atoms with E-state index >= 15 is 0 Å². The minimum absolute atomic E-state index is 0.131. The molecule has 0 aromatic rings. The molecule has 0 fully saturated rings. The molecule has 0 saturated heterocycles. The molecule has 1 aliphatic carbocycles. The van der Waals surface area contributed by atoms with Crippen molar-refractivity contribution in [1.29, 1.82) is 0 Å². The summed E-state index contributed by atoms with van der Waals surface area (Å²) in [5.74, 6) is 0.131. The fourth-order valence-corrected chi connectivity index (χ4v) is 2.69. The van der Waals surface area contributed by atoms with E-state index in [1.165, 1.54) is 43.3 Å². The van der Waals surface area contributed by atoms with Gasteiger partial charge in [-0.2, -0.15) is 0 Å². The molecule has 1 aliphatic rings. The van der Waals surface area contributed by atoms with Crippen molar-refractivity contribution in [3.05, 3.63) is 23.3 Å². The number of hydrogen-bond acceptors (Lipinski definition) is 2. The Hall–Kier alpha value is -1.18. The van der Waals surface area contributed by atoms with Crippen LogP contribution in [0.4, 0.5) is 0 Å². The average Bonchev–Trinajstić information content (AvgIpc) is 2.38. The van der Waals surface area contributed by atoms with E-state index in [2.05, 4.69) is 27.7 Å². The molecule has 0 saturated carbocycles. The van der Waals surface area contributed by atoms with Crippen LogP contribution < -0.4 is 0 Å². The molecule has 0 amide bonds. The standard InChI is InChI=1S/C13H20O.C6H12O/c1-10-6-5-9-13(3,4)12(10)8-7-11(2)14;1-2-3-4-5-6-7/h7-8H,5-6,9H2,1-4H3;6H,2-5H2,1H3/b8-7+;. The summed E-state index contributed by atoms with van der Waals surface area (Å²) in [6.07, 6.45) is 12.6. The molecule has 1 rings (SSSR count). The van der Waals surface area contributed by atoms with Crippen molar-refractivity contribution < 1.29 is 9.59 Å². The summed E-state index contributed by atoms with van der Waals surface area (Å²) in [6, 6.07) is 0. The van der Waals surface area contributed by atoms with E-state index in [1.54, 1.807) is 13.0 Å². The Bertz CT molecular complexity index is 386. The van der Waals surface area contributed by atoms with Gasteiger partial charge in [-0.1, -0.05) is 45.3 Å². The quantitative estimate of drug-likeness (QED) is 0.372. The van der Waals surface area contributed by atoms with Gasteiger partial charge in [-0.25, -0.2) is 0 Å². The first-order valence-electron chi connectivity index (χ1n) is 8.17. The predicted octanol–water partition coefficient (Wildman–Crippen LogP) is 5.42. The van der Waals surface area contributed by atoms with E-state index in [0.29, 0.717) is 0 Å². The maximum absolute atomic E-state index is 10.9. The van der Waals surface area contributed by atoms with Crippen molar-refractivity contribution in [3.8, 4) is 0 Å². The molecule has 0 heterocycles. The smallest absolute Gasteiger partial charge is 0.152 e. The lowest BCUT2D eigenvalue weighted by molar-refractivity contribution is -0.112. The summed E-state index contributed by atoms with van der Waals surface area (Å²) in [5.41, 5.74) is 3.05. The van der Waals surface area contributed by atoms with Gasteiger partial charge in [-0.3, -0.25) is 4.79 Å². The highest BCUT2D eigenvalue weighted by atomic mass is 16.1. The second-order valence-corrected chi connectivity index (χ2v) is 6.54. The fourth-order valence-electron chi connectivity index (χ4n) is 2.69. The molecule has 120 valence electrons. The van der Waals surface area contributed by atoms with Crippen LogP contribution in [0, 0.1) is 5.41 Å². The molecule has 0 bridgehead atoms. The van der Waals surface area contributed by atoms with Crippen molar-refractivity contribution in [3.63, 3.8) is 0 Å². The number of unbranched alkanes of at least 4 members (excludes halogenated alkanes) is 3. The van der Waals surface area contributed by atoms with Crippen LogP contribution in [0.15, 0.2) is 23.3 Å². The molecular weight excluding hydrogens is 260 g/mol. The van der Waals surface area contributed by atoms with Crippen LogP contribution in [-0.4, -0.2) is 12.1 Å². The Kier molecular flexibility index (Phi) is 9.94. The molecular formula is C19H32O2. The van der Waals surface area contributed by atoms with Crippen LogP contribution in [0.5, 0.6) is 0 Å². The Balaban J connectivity index is 0.000000486. The van der Waals surface area contributed by atoms with E-state index in [1.807, 2.05) is 6.08 Å². The molecule has 2 heteroatoms. The Labute approximate surface area is 130 Å². The lowest BCUT2D eigenvalue weighted by atomic mass is 9.72. The third-order valence-electron chi connectivity index (χ3n) is 3.95. The molecule has 0 radical (unpaired) electrons. The Morgan fingerprint density at radius 2 is 1.95 bits per heavy atom. The van der Waals surface area contributed by atoms with Gasteiger partial charge >= 0.3 is 0 Å². The number of carbonyl (C=O) groups excluding carboxylic acids is 2. The summed E-state index contributed by atoms with van der Waals surface area (Å²) < 4.78 is 0. The maximum Gasteiger partial charge on any atom is 0.152 e. The molecule has 2 nitrogen and oxygen atoms in total. The van der Waals surface area contributed by atoms with Gasteiger partial charge in [-0.15, -0.1) is 0 Å². The first-order valence-corrected chi connectivity index (χ1v) is 8.17. The topological polar surface area (TPSA) is 34.1 Å². The van der Waals surface area contributed by atoms with Gasteiger partial charge < -0.3 is 4.79 Å². The number of aldehydes is 1. The lowest BCUT2D eigenvalue weighted by Crippen LogP contribution is -2.19. The predicted molar refractivity (Wildman–Crippen MR) is 90.4 cm³/mol. The van der Waals surface area contributed by atoms with Gasteiger partial charge in [0.05, 0.1) is 0 Å². The zero-order valence-corrected chi connectivity index (χ0v) is 14.5. The minimum Gasteiger partial charge on any atom is -0.303 e. The van der Waals surface area contributed by atoms with Gasteiger partial charge in [-0.05, 0) is 56.6 Å². The molecule has 0 spiro atoms. The zero-order chi connectivity index (χ0) is 16.3. The molecule has 0 unspecified atom stereocenters. The van der Waals surface area contributed by atoms with E-state index < -0.39 is 0 Å². The van der Waals surface area contributed by atoms with Gasteiger partial charge in [0.1, 0.15) is 6.29 Å². The Morgan fingerprint density at radius 3 is 2.43 bits per heavy atom. The molecule has 0 atom stereocenters. The molecule has 0 N–H and O–H groups in total. The van der Waals surface area contributed by atoms with Crippen LogP contribution >= 0.6 is 0 Å². The molecule has 21 heavy (non-hydrogen) atoms. The zero-order valence-electron chi connectivity index (χ0n) is 14.5. The summed E-state index contributed by atoms with van der Waals surface area (Å²) in [7, 11) is 0. The fraction of sp³-hybridized carbons (Fsp3) is 0.684. The number of carbonyl (C=O) groups is 2. The first-order chi connectivity index (χ1) is 9.85. The van der Waals surface area contributed by atoms with E-state index in [0.717, 1.165) is 19.1 Å². The minimum atomic E-state index is 0.131. The number of allylic oxidation sites excluding steroid dienone is 4. The van der Waals surface area contributed by atoms with Gasteiger partial charge in [0.25, 0.3) is 0 Å². The van der Waals surface area contributed by atoms with Gasteiger partial charge in [0.15, 0.2) is 5.78 Å². The second-order valence-electron chi connectivity index (χ2n) is 6.54. The molecule has 0 aliphatic heterocycles. The monoisotopic (exact) mass is 292 g/mol. The van der Waals surface area contributed by atoms with Crippen LogP contribution in [0.3, 0.4) is 0 Å².